The first-order valence-electron chi connectivity index (χ1n) is 11.7. The summed E-state index contributed by atoms with van der Waals surface area (Å²) < 4.78 is 13.5. The summed E-state index contributed by atoms with van der Waals surface area (Å²) in [5.41, 5.74) is 1.95. The van der Waals surface area contributed by atoms with Crippen LogP contribution in [0.5, 0.6) is 0 Å². The second-order valence-corrected chi connectivity index (χ2v) is 10.5. The van der Waals surface area contributed by atoms with Gasteiger partial charge in [-0.1, -0.05) is 54.2 Å². The summed E-state index contributed by atoms with van der Waals surface area (Å²) in [7, 11) is 0. The van der Waals surface area contributed by atoms with E-state index in [2.05, 4.69) is 10.2 Å². The molecule has 1 amide bonds. The largest absolute Gasteiger partial charge is 0.355 e. The van der Waals surface area contributed by atoms with Gasteiger partial charge < -0.3 is 5.32 Å². The predicted molar refractivity (Wildman–Crippen MR) is 127 cm³/mol. The van der Waals surface area contributed by atoms with Crippen LogP contribution in [0.25, 0.3) is 0 Å². The van der Waals surface area contributed by atoms with E-state index >= 15 is 0 Å². The summed E-state index contributed by atoms with van der Waals surface area (Å²) in [6.45, 7) is 2.47. The Balaban J connectivity index is 1.35. The van der Waals surface area contributed by atoms with Gasteiger partial charge in [0.05, 0.1) is 15.5 Å². The van der Waals surface area contributed by atoms with Crippen LogP contribution in [0.3, 0.4) is 0 Å². The van der Waals surface area contributed by atoms with E-state index in [4.69, 9.17) is 23.2 Å². The van der Waals surface area contributed by atoms with E-state index in [1.54, 1.807) is 12.1 Å². The summed E-state index contributed by atoms with van der Waals surface area (Å²) in [6, 6.07) is 13.3. The van der Waals surface area contributed by atoms with E-state index < -0.39 is 0 Å². The van der Waals surface area contributed by atoms with Gasteiger partial charge in [-0.25, -0.2) is 4.39 Å². The molecule has 170 valence electrons. The van der Waals surface area contributed by atoms with E-state index in [1.807, 2.05) is 30.3 Å². The molecule has 6 heteroatoms. The number of rotatable bonds is 3. The Morgan fingerprint density at radius 1 is 0.938 bits per heavy atom. The molecule has 1 spiro atoms. The normalized spacial score (nSPS) is 28.1. The number of halogens is 3. The lowest BCUT2D eigenvalue weighted by atomic mass is 9.67. The zero-order valence-electron chi connectivity index (χ0n) is 18.1. The highest BCUT2D eigenvalue weighted by Crippen LogP contribution is 2.49. The highest BCUT2D eigenvalue weighted by Gasteiger charge is 2.52. The minimum absolute atomic E-state index is 0.117. The summed E-state index contributed by atoms with van der Waals surface area (Å²) in [6.07, 6.45) is 6.45. The third-order valence-electron chi connectivity index (χ3n) is 8.12. The Hall–Kier alpha value is -1.62. The molecule has 0 radical (unpaired) electrons. The SMILES string of the molecule is O=C1NCC(c2ccc(Cl)c(Cl)c2)C12CCN(C1CCCCC1c1ccc(F)cc1)CC2. The summed E-state index contributed by atoms with van der Waals surface area (Å²) in [5, 5.41) is 4.21. The Bertz CT molecular complexity index is 988. The number of likely N-dealkylation sites (tertiary alicyclic amines) is 1. The van der Waals surface area contributed by atoms with E-state index in [-0.39, 0.29) is 23.1 Å². The fraction of sp³-hybridized carbons (Fsp3) is 0.500. The number of hydrogen-bond donors (Lipinski definition) is 1. The molecule has 5 rings (SSSR count). The third kappa shape index (κ3) is 3.95. The first kappa shape index (κ1) is 22.2. The molecule has 1 saturated carbocycles. The van der Waals surface area contributed by atoms with Crippen LogP contribution in [0.15, 0.2) is 42.5 Å². The molecule has 2 heterocycles. The number of amides is 1. The highest BCUT2D eigenvalue weighted by molar-refractivity contribution is 6.42. The van der Waals surface area contributed by atoms with Crippen LogP contribution < -0.4 is 5.32 Å². The first-order chi connectivity index (χ1) is 15.5. The van der Waals surface area contributed by atoms with Gasteiger partial charge in [0.25, 0.3) is 0 Å². The van der Waals surface area contributed by atoms with Gasteiger partial charge in [-0.2, -0.15) is 0 Å². The molecule has 2 aliphatic heterocycles. The zero-order valence-corrected chi connectivity index (χ0v) is 19.6. The number of piperidine rings is 1. The fourth-order valence-electron chi connectivity index (χ4n) is 6.37. The smallest absolute Gasteiger partial charge is 0.227 e. The van der Waals surface area contributed by atoms with E-state index in [1.165, 1.54) is 18.4 Å². The molecule has 2 saturated heterocycles. The maximum Gasteiger partial charge on any atom is 0.227 e. The van der Waals surface area contributed by atoms with Gasteiger partial charge in [0.2, 0.25) is 5.91 Å². The molecule has 0 bridgehead atoms. The van der Waals surface area contributed by atoms with Gasteiger partial charge in [-0.15, -0.1) is 0 Å². The van der Waals surface area contributed by atoms with Crippen LogP contribution >= 0.6 is 23.2 Å². The molecule has 3 nitrogen and oxygen atoms in total. The van der Waals surface area contributed by atoms with Crippen LogP contribution in [0.4, 0.5) is 4.39 Å². The van der Waals surface area contributed by atoms with Crippen molar-refractivity contribution in [3.8, 4) is 0 Å². The molecular weight excluding hydrogens is 446 g/mol. The van der Waals surface area contributed by atoms with Gasteiger partial charge in [0, 0.05) is 18.5 Å². The molecule has 1 N–H and O–H groups in total. The molecule has 3 atom stereocenters. The summed E-state index contributed by atoms with van der Waals surface area (Å²) in [4.78, 5) is 15.7. The second kappa shape index (κ2) is 8.96. The topological polar surface area (TPSA) is 32.3 Å². The van der Waals surface area contributed by atoms with Crippen molar-refractivity contribution < 1.29 is 9.18 Å². The van der Waals surface area contributed by atoms with Gasteiger partial charge in [0.1, 0.15) is 5.82 Å². The molecule has 3 fully saturated rings. The number of nitrogens with one attached hydrogen (secondary N) is 1. The van der Waals surface area contributed by atoms with Crippen LogP contribution in [0.1, 0.15) is 61.5 Å². The van der Waals surface area contributed by atoms with Crippen molar-refractivity contribution in [1.82, 2.24) is 10.2 Å². The number of nitrogens with zero attached hydrogens (tertiary/aromatic N) is 1. The maximum absolute atomic E-state index is 13.5. The van der Waals surface area contributed by atoms with E-state index in [9.17, 15) is 9.18 Å². The lowest BCUT2D eigenvalue weighted by molar-refractivity contribution is -0.131. The van der Waals surface area contributed by atoms with Crippen molar-refractivity contribution in [2.45, 2.75) is 56.4 Å². The van der Waals surface area contributed by atoms with Gasteiger partial charge in [-0.05, 0) is 80.1 Å². The Morgan fingerprint density at radius 2 is 1.62 bits per heavy atom. The van der Waals surface area contributed by atoms with Crippen molar-refractivity contribution >= 4 is 29.1 Å². The van der Waals surface area contributed by atoms with Crippen molar-refractivity contribution in [1.29, 1.82) is 0 Å². The number of carbonyl (C=O) groups excluding carboxylic acids is 1. The van der Waals surface area contributed by atoms with Gasteiger partial charge >= 0.3 is 0 Å². The van der Waals surface area contributed by atoms with Crippen LogP contribution in [0.2, 0.25) is 10.0 Å². The van der Waals surface area contributed by atoms with Gasteiger partial charge in [0.15, 0.2) is 0 Å². The molecule has 0 aromatic heterocycles. The average molecular weight is 475 g/mol. The van der Waals surface area contributed by atoms with Crippen LogP contribution in [0, 0.1) is 11.2 Å². The Morgan fingerprint density at radius 3 is 2.34 bits per heavy atom. The minimum Gasteiger partial charge on any atom is -0.355 e. The number of benzene rings is 2. The summed E-state index contributed by atoms with van der Waals surface area (Å²) in [5.74, 6) is 0.543. The van der Waals surface area contributed by atoms with E-state index in [0.29, 0.717) is 28.5 Å². The quantitative estimate of drug-likeness (QED) is 0.577. The average Bonchev–Trinajstić information content (AvgIpc) is 3.12. The molecule has 3 aliphatic rings. The second-order valence-electron chi connectivity index (χ2n) is 9.64. The lowest BCUT2D eigenvalue weighted by Gasteiger charge is -2.47. The molecular formula is C26H29Cl2FN2O. The molecule has 32 heavy (non-hydrogen) atoms. The van der Waals surface area contributed by atoms with Crippen molar-refractivity contribution in [3.63, 3.8) is 0 Å². The fourth-order valence-corrected chi connectivity index (χ4v) is 6.67. The van der Waals surface area contributed by atoms with Crippen LogP contribution in [-0.4, -0.2) is 36.5 Å². The highest BCUT2D eigenvalue weighted by atomic mass is 35.5. The standard InChI is InChI=1S/C26H29Cl2FN2O/c27-22-10-7-18(15-23(22)28)21-16-30-25(32)26(21)11-13-31(14-12-26)24-4-2-1-3-20(24)17-5-8-19(29)9-6-17/h5-10,15,20-21,24H,1-4,11-14,16H2,(H,30,32). The third-order valence-corrected chi connectivity index (χ3v) is 8.86. The number of hydrogen-bond acceptors (Lipinski definition) is 2. The Labute approximate surface area is 199 Å². The molecule has 2 aromatic carbocycles. The molecule has 3 unspecified atom stereocenters. The van der Waals surface area contributed by atoms with Gasteiger partial charge in [-0.3, -0.25) is 9.69 Å². The summed E-state index contributed by atoms with van der Waals surface area (Å²) >= 11 is 12.4. The van der Waals surface area contributed by atoms with E-state index in [0.717, 1.165) is 44.3 Å². The molecule has 2 aromatic rings. The number of carbonyl (C=O) groups is 1. The lowest BCUT2D eigenvalue weighted by Crippen LogP contribution is -2.51. The minimum atomic E-state index is -0.381. The monoisotopic (exact) mass is 474 g/mol. The van der Waals surface area contributed by atoms with Crippen molar-refractivity contribution in [2.24, 2.45) is 5.41 Å². The van der Waals surface area contributed by atoms with Crippen molar-refractivity contribution in [2.75, 3.05) is 19.6 Å². The molecule has 1 aliphatic carbocycles. The zero-order chi connectivity index (χ0) is 22.3. The Kier molecular flexibility index (Phi) is 6.21. The predicted octanol–water partition coefficient (Wildman–Crippen LogP) is 6.15. The maximum atomic E-state index is 13.5. The first-order valence-corrected chi connectivity index (χ1v) is 12.5. The van der Waals surface area contributed by atoms with Crippen LogP contribution in [-0.2, 0) is 4.79 Å². The van der Waals surface area contributed by atoms with Crippen molar-refractivity contribution in [3.05, 3.63) is 69.5 Å².